The molecule has 1 aromatic heterocycles. The van der Waals surface area contributed by atoms with Gasteiger partial charge in [0.15, 0.2) is 0 Å². The van der Waals surface area contributed by atoms with Crippen molar-refractivity contribution < 1.29 is 9.53 Å². The van der Waals surface area contributed by atoms with Gasteiger partial charge in [-0.05, 0) is 30.9 Å². The number of carbonyl (C=O) groups is 1. The average molecular weight is 354 g/mol. The molecule has 2 fully saturated rings. The van der Waals surface area contributed by atoms with E-state index >= 15 is 0 Å². The van der Waals surface area contributed by atoms with E-state index in [-0.39, 0.29) is 6.04 Å². The third kappa shape index (κ3) is 4.06. The van der Waals surface area contributed by atoms with Crippen LogP contribution in [0, 0.1) is 5.92 Å². The summed E-state index contributed by atoms with van der Waals surface area (Å²) in [6, 6.07) is 9.93. The molecule has 6 heteroatoms. The molecule has 4 rings (SSSR count). The maximum absolute atomic E-state index is 12.4. The first-order valence-electron chi connectivity index (χ1n) is 9.64. The van der Waals surface area contributed by atoms with Gasteiger partial charge < -0.3 is 9.64 Å². The SMILES string of the molecule is O=C(CC1CCCCC1)N1CC(n2cc(COc3ccccc3)nn2)C1. The van der Waals surface area contributed by atoms with Crippen LogP contribution in [0.4, 0.5) is 0 Å². The van der Waals surface area contributed by atoms with E-state index in [4.69, 9.17) is 4.74 Å². The number of para-hydroxylation sites is 1. The maximum Gasteiger partial charge on any atom is 0.222 e. The van der Waals surface area contributed by atoms with Crippen molar-refractivity contribution in [1.82, 2.24) is 19.9 Å². The zero-order valence-electron chi connectivity index (χ0n) is 15.1. The molecule has 2 heterocycles. The molecular weight excluding hydrogens is 328 g/mol. The smallest absolute Gasteiger partial charge is 0.222 e. The average Bonchev–Trinajstić information content (AvgIpc) is 3.09. The summed E-state index contributed by atoms with van der Waals surface area (Å²) in [6.45, 7) is 1.89. The molecule has 1 saturated carbocycles. The van der Waals surface area contributed by atoms with Crippen molar-refractivity contribution in [2.45, 2.75) is 51.2 Å². The Morgan fingerprint density at radius 1 is 1.12 bits per heavy atom. The number of hydrogen-bond donors (Lipinski definition) is 0. The second kappa shape index (κ2) is 7.89. The van der Waals surface area contributed by atoms with Crippen molar-refractivity contribution in [3.63, 3.8) is 0 Å². The van der Waals surface area contributed by atoms with Crippen molar-refractivity contribution in [3.05, 3.63) is 42.2 Å². The van der Waals surface area contributed by atoms with Gasteiger partial charge in [-0.2, -0.15) is 0 Å². The van der Waals surface area contributed by atoms with Gasteiger partial charge in [-0.3, -0.25) is 4.79 Å². The number of aromatic nitrogens is 3. The first-order valence-corrected chi connectivity index (χ1v) is 9.64. The summed E-state index contributed by atoms with van der Waals surface area (Å²) < 4.78 is 7.57. The number of hydrogen-bond acceptors (Lipinski definition) is 4. The van der Waals surface area contributed by atoms with Crippen LogP contribution in [0.2, 0.25) is 0 Å². The molecule has 0 bridgehead atoms. The van der Waals surface area contributed by atoms with E-state index in [0.717, 1.165) is 31.0 Å². The van der Waals surface area contributed by atoms with Crippen molar-refractivity contribution >= 4 is 5.91 Å². The second-order valence-corrected chi connectivity index (χ2v) is 7.45. The van der Waals surface area contributed by atoms with Gasteiger partial charge in [0.1, 0.15) is 18.1 Å². The Morgan fingerprint density at radius 3 is 2.65 bits per heavy atom. The van der Waals surface area contributed by atoms with Crippen LogP contribution < -0.4 is 4.74 Å². The number of rotatable bonds is 6. The van der Waals surface area contributed by atoms with Crippen LogP contribution in [-0.2, 0) is 11.4 Å². The van der Waals surface area contributed by atoms with E-state index in [0.29, 0.717) is 18.4 Å². The highest BCUT2D eigenvalue weighted by atomic mass is 16.5. The summed E-state index contributed by atoms with van der Waals surface area (Å²) in [7, 11) is 0. The number of amides is 1. The standard InChI is InChI=1S/C20H26N4O2/c25-20(11-16-7-3-1-4-8-16)23-13-18(14-23)24-12-17(21-22-24)15-26-19-9-5-2-6-10-19/h2,5-6,9-10,12,16,18H,1,3-4,7-8,11,13-15H2. The minimum atomic E-state index is 0.239. The Kier molecular flexibility index (Phi) is 5.18. The molecule has 0 spiro atoms. The molecule has 1 aromatic carbocycles. The number of carbonyl (C=O) groups excluding carboxylic acids is 1. The van der Waals surface area contributed by atoms with Gasteiger partial charge in [-0.25, -0.2) is 4.68 Å². The summed E-state index contributed by atoms with van der Waals surface area (Å²) in [6.07, 6.45) is 8.99. The molecule has 0 unspecified atom stereocenters. The van der Waals surface area contributed by atoms with E-state index in [1.165, 1.54) is 32.1 Å². The fourth-order valence-corrected chi connectivity index (χ4v) is 3.83. The number of benzene rings is 1. The summed E-state index contributed by atoms with van der Waals surface area (Å²) >= 11 is 0. The molecule has 138 valence electrons. The van der Waals surface area contributed by atoms with E-state index < -0.39 is 0 Å². The third-order valence-electron chi connectivity index (χ3n) is 5.46. The molecular formula is C20H26N4O2. The van der Waals surface area contributed by atoms with Gasteiger partial charge in [0.25, 0.3) is 0 Å². The Labute approximate surface area is 154 Å². The monoisotopic (exact) mass is 354 g/mol. The minimum absolute atomic E-state index is 0.239. The highest BCUT2D eigenvalue weighted by Crippen LogP contribution is 2.29. The zero-order chi connectivity index (χ0) is 17.8. The van der Waals surface area contributed by atoms with Crippen molar-refractivity contribution in [2.75, 3.05) is 13.1 Å². The Hall–Kier alpha value is -2.37. The van der Waals surface area contributed by atoms with Crippen molar-refractivity contribution in [2.24, 2.45) is 5.92 Å². The zero-order valence-corrected chi connectivity index (χ0v) is 15.1. The molecule has 0 radical (unpaired) electrons. The van der Waals surface area contributed by atoms with Crippen LogP contribution in [-0.4, -0.2) is 38.9 Å². The second-order valence-electron chi connectivity index (χ2n) is 7.45. The van der Waals surface area contributed by atoms with Gasteiger partial charge in [0.2, 0.25) is 5.91 Å². The number of nitrogens with zero attached hydrogens (tertiary/aromatic N) is 4. The molecule has 1 aliphatic carbocycles. The fraction of sp³-hybridized carbons (Fsp3) is 0.550. The van der Waals surface area contributed by atoms with Crippen LogP contribution in [0.3, 0.4) is 0 Å². The van der Waals surface area contributed by atoms with Crippen LogP contribution in [0.25, 0.3) is 0 Å². The quantitative estimate of drug-likeness (QED) is 0.799. The topological polar surface area (TPSA) is 60.2 Å². The van der Waals surface area contributed by atoms with Gasteiger partial charge in [-0.15, -0.1) is 5.10 Å². The molecule has 1 saturated heterocycles. The lowest BCUT2D eigenvalue weighted by molar-refractivity contribution is -0.138. The van der Waals surface area contributed by atoms with Gasteiger partial charge in [0, 0.05) is 19.5 Å². The molecule has 1 amide bonds. The molecule has 2 aliphatic rings. The Morgan fingerprint density at radius 2 is 1.88 bits per heavy atom. The van der Waals surface area contributed by atoms with Gasteiger partial charge in [-0.1, -0.05) is 42.7 Å². The summed E-state index contributed by atoms with van der Waals surface area (Å²) in [5.74, 6) is 1.73. The van der Waals surface area contributed by atoms with Crippen LogP contribution in [0.1, 0.15) is 50.3 Å². The molecule has 26 heavy (non-hydrogen) atoms. The highest BCUT2D eigenvalue weighted by Gasteiger charge is 2.33. The van der Waals surface area contributed by atoms with E-state index in [9.17, 15) is 4.79 Å². The molecule has 2 aromatic rings. The maximum atomic E-state index is 12.4. The van der Waals surface area contributed by atoms with Crippen molar-refractivity contribution in [1.29, 1.82) is 0 Å². The lowest BCUT2D eigenvalue weighted by atomic mass is 9.86. The lowest BCUT2D eigenvalue weighted by Gasteiger charge is -2.39. The minimum Gasteiger partial charge on any atom is -0.487 e. The summed E-state index contributed by atoms with van der Waals surface area (Å²) in [5, 5.41) is 8.39. The Balaban J connectivity index is 1.23. The first kappa shape index (κ1) is 17.1. The molecule has 0 atom stereocenters. The third-order valence-corrected chi connectivity index (χ3v) is 5.46. The predicted octanol–water partition coefficient (Wildman–Crippen LogP) is 3.21. The van der Waals surface area contributed by atoms with Crippen LogP contribution in [0.5, 0.6) is 5.75 Å². The van der Waals surface area contributed by atoms with Gasteiger partial charge in [0.05, 0.1) is 12.2 Å². The predicted molar refractivity (Wildman–Crippen MR) is 97.6 cm³/mol. The largest absolute Gasteiger partial charge is 0.487 e. The van der Waals surface area contributed by atoms with E-state index in [1.54, 1.807) is 0 Å². The fourth-order valence-electron chi connectivity index (χ4n) is 3.83. The summed E-state index contributed by atoms with van der Waals surface area (Å²) in [4.78, 5) is 14.4. The highest BCUT2D eigenvalue weighted by molar-refractivity contribution is 5.77. The van der Waals surface area contributed by atoms with Crippen molar-refractivity contribution in [3.8, 4) is 5.75 Å². The number of likely N-dealkylation sites (tertiary alicyclic amines) is 1. The number of ether oxygens (including phenoxy) is 1. The molecule has 6 nitrogen and oxygen atoms in total. The van der Waals surface area contributed by atoms with Crippen LogP contribution >= 0.6 is 0 Å². The van der Waals surface area contributed by atoms with Crippen LogP contribution in [0.15, 0.2) is 36.5 Å². The normalized spacial score (nSPS) is 18.5. The lowest BCUT2D eigenvalue weighted by Crippen LogP contribution is -2.51. The van der Waals surface area contributed by atoms with Gasteiger partial charge >= 0.3 is 0 Å². The van der Waals surface area contributed by atoms with E-state index in [1.807, 2.05) is 46.1 Å². The first-order chi connectivity index (χ1) is 12.8. The molecule has 0 N–H and O–H groups in total. The van der Waals surface area contributed by atoms with E-state index in [2.05, 4.69) is 10.3 Å². The Bertz CT molecular complexity index is 718. The molecule has 1 aliphatic heterocycles. The summed E-state index contributed by atoms with van der Waals surface area (Å²) in [5.41, 5.74) is 0.806.